The zero-order valence-corrected chi connectivity index (χ0v) is 18.4. The fourth-order valence-electron chi connectivity index (χ4n) is 4.48. The summed E-state index contributed by atoms with van der Waals surface area (Å²) in [6.07, 6.45) is -9.39. The first-order chi connectivity index (χ1) is 16.2. The Morgan fingerprint density at radius 1 is 0.943 bits per heavy atom. The normalized spacial score (nSPS) is 14.9. The highest BCUT2D eigenvalue weighted by molar-refractivity contribution is 5.83. The van der Waals surface area contributed by atoms with Crippen molar-refractivity contribution in [3.8, 4) is 0 Å². The first-order valence-corrected chi connectivity index (χ1v) is 10.3. The number of aliphatic hydroxyl groups is 2. The number of hydrogen-bond acceptors (Lipinski definition) is 4. The Hall–Kier alpha value is -3.31. The summed E-state index contributed by atoms with van der Waals surface area (Å²) in [5, 5.41) is 19.5. The fourth-order valence-corrected chi connectivity index (χ4v) is 4.48. The van der Waals surface area contributed by atoms with Crippen LogP contribution in [0.5, 0.6) is 0 Å². The molecule has 5 nitrogen and oxygen atoms in total. The topological polar surface area (TPSA) is 71.4 Å². The lowest BCUT2D eigenvalue weighted by molar-refractivity contribution is -0.376. The average Bonchev–Trinajstić information content (AvgIpc) is 3.44. The van der Waals surface area contributed by atoms with Gasteiger partial charge in [0.2, 0.25) is 0 Å². The van der Waals surface area contributed by atoms with Crippen molar-refractivity contribution in [2.45, 2.75) is 43.9 Å². The summed E-state index contributed by atoms with van der Waals surface area (Å²) < 4.78 is 87.4. The van der Waals surface area contributed by atoms with Gasteiger partial charge in [0, 0.05) is 22.2 Å². The maximum Gasteiger partial charge on any atom is 0.430 e. The van der Waals surface area contributed by atoms with Gasteiger partial charge in [-0.2, -0.15) is 26.3 Å². The molecule has 1 atom stereocenters. The molecule has 0 amide bonds. The molecule has 0 aliphatic carbocycles. The minimum atomic E-state index is -5.99. The summed E-state index contributed by atoms with van der Waals surface area (Å²) in [5.74, 6) is 0. The van der Waals surface area contributed by atoms with E-state index in [0.29, 0.717) is 40.2 Å². The van der Waals surface area contributed by atoms with Crippen LogP contribution in [0.3, 0.4) is 0 Å². The predicted molar refractivity (Wildman–Crippen MR) is 113 cm³/mol. The Kier molecular flexibility index (Phi) is 5.76. The van der Waals surface area contributed by atoms with Crippen LogP contribution in [0.25, 0.3) is 10.9 Å². The van der Waals surface area contributed by atoms with Crippen molar-refractivity contribution in [3.63, 3.8) is 0 Å². The number of alkyl halides is 6. The van der Waals surface area contributed by atoms with Gasteiger partial charge in [-0.3, -0.25) is 0 Å². The lowest BCUT2D eigenvalue weighted by Crippen LogP contribution is -2.53. The fraction of sp³-hybridized carbons (Fsp3) is 0.292. The van der Waals surface area contributed by atoms with E-state index in [0.717, 1.165) is 6.07 Å². The van der Waals surface area contributed by atoms with Crippen molar-refractivity contribution in [3.05, 3.63) is 89.3 Å². The number of fused-ring (bicyclic) bond motifs is 1. The smallest absolute Gasteiger partial charge is 0.430 e. The highest BCUT2D eigenvalue weighted by atomic mass is 19.4. The second-order valence-electron chi connectivity index (χ2n) is 8.41. The molecule has 2 heterocycles. The van der Waals surface area contributed by atoms with Crippen molar-refractivity contribution in [2.24, 2.45) is 0 Å². The van der Waals surface area contributed by atoms with Crippen LogP contribution < -0.4 is 0 Å². The van der Waals surface area contributed by atoms with E-state index < -0.39 is 29.1 Å². The third-order valence-electron chi connectivity index (χ3n) is 6.27. The number of aryl methyl sites for hydroxylation is 1. The maximum atomic E-state index is 13.4. The molecule has 0 bridgehead atoms. The Labute approximate surface area is 195 Å². The number of hydrogen-bond donors (Lipinski definition) is 2. The van der Waals surface area contributed by atoms with Crippen LogP contribution in [0.4, 0.5) is 26.3 Å². The van der Waals surface area contributed by atoms with Crippen molar-refractivity contribution >= 4 is 10.9 Å². The summed E-state index contributed by atoms with van der Waals surface area (Å²) in [5.41, 5.74) is -5.03. The highest BCUT2D eigenvalue weighted by Crippen LogP contribution is 2.50. The van der Waals surface area contributed by atoms with Gasteiger partial charge in [0.1, 0.15) is 17.5 Å². The minimum absolute atomic E-state index is 0.0555. The number of aromatic nitrogens is 2. The maximum absolute atomic E-state index is 13.4. The molecule has 1 unspecified atom stereocenters. The number of benzene rings is 2. The molecule has 0 aliphatic rings. The number of aliphatic hydroxyl groups excluding tert-OH is 1. The van der Waals surface area contributed by atoms with Crippen LogP contribution in [0.15, 0.2) is 65.6 Å². The van der Waals surface area contributed by atoms with Crippen LogP contribution in [0.2, 0.25) is 0 Å². The molecule has 0 radical (unpaired) electrons. The molecule has 4 aromatic rings. The summed E-state index contributed by atoms with van der Waals surface area (Å²) in [7, 11) is 0. The quantitative estimate of drug-likeness (QED) is 0.354. The van der Waals surface area contributed by atoms with Crippen LogP contribution in [-0.2, 0) is 17.7 Å². The van der Waals surface area contributed by atoms with Crippen LogP contribution in [0, 0.1) is 6.92 Å². The highest BCUT2D eigenvalue weighted by Gasteiger charge is 2.71. The molecule has 0 aliphatic heterocycles. The van der Waals surface area contributed by atoms with Crippen LogP contribution in [0.1, 0.15) is 35.0 Å². The molecule has 0 saturated heterocycles. The first kappa shape index (κ1) is 24.8. The molecule has 0 fully saturated rings. The lowest BCUT2D eigenvalue weighted by Gasteiger charge is -2.34. The van der Waals surface area contributed by atoms with E-state index in [-0.39, 0.29) is 12.0 Å². The van der Waals surface area contributed by atoms with E-state index in [1.807, 2.05) is 0 Å². The minimum Gasteiger partial charge on any atom is -0.451 e. The number of oxazole rings is 1. The monoisotopic (exact) mass is 498 g/mol. The summed E-state index contributed by atoms with van der Waals surface area (Å²) >= 11 is 0. The second-order valence-corrected chi connectivity index (χ2v) is 8.41. The molecule has 2 aromatic heterocycles. The molecule has 4 rings (SSSR count). The van der Waals surface area contributed by atoms with Gasteiger partial charge >= 0.3 is 12.4 Å². The van der Waals surface area contributed by atoms with Gasteiger partial charge in [0.05, 0.1) is 6.61 Å². The Bertz CT molecular complexity index is 1340. The number of nitrogens with zero attached hydrogens (tertiary/aromatic N) is 2. The molecule has 2 aromatic carbocycles. The molecule has 2 N–H and O–H groups in total. The average molecular weight is 498 g/mol. The SMILES string of the molecule is Cc1cc2cc(C(O)(C(F)(F)F)C(F)(F)F)ccc2n1C(C)(c1cccc(CO)c1)c1cocn1. The Balaban J connectivity index is 2.00. The number of halogens is 6. The molecule has 35 heavy (non-hydrogen) atoms. The van der Waals surface area contributed by atoms with Gasteiger partial charge < -0.3 is 19.2 Å². The summed E-state index contributed by atoms with van der Waals surface area (Å²) in [6.45, 7) is 3.17. The lowest BCUT2D eigenvalue weighted by atomic mass is 9.87. The second kappa shape index (κ2) is 8.13. The van der Waals surface area contributed by atoms with Crippen molar-refractivity contribution in [1.29, 1.82) is 0 Å². The van der Waals surface area contributed by atoms with Crippen LogP contribution >= 0.6 is 0 Å². The number of rotatable bonds is 5. The first-order valence-electron chi connectivity index (χ1n) is 10.3. The Morgan fingerprint density at radius 2 is 1.63 bits per heavy atom. The van der Waals surface area contributed by atoms with E-state index >= 15 is 0 Å². The van der Waals surface area contributed by atoms with E-state index in [1.54, 1.807) is 42.7 Å². The van der Waals surface area contributed by atoms with Gasteiger partial charge in [-0.1, -0.05) is 30.3 Å². The third kappa shape index (κ3) is 3.69. The van der Waals surface area contributed by atoms with Gasteiger partial charge in [0.25, 0.3) is 5.60 Å². The van der Waals surface area contributed by atoms with E-state index in [9.17, 15) is 36.6 Å². The zero-order chi connectivity index (χ0) is 25.8. The molecular weight excluding hydrogens is 478 g/mol. The van der Waals surface area contributed by atoms with Crippen molar-refractivity contribution in [1.82, 2.24) is 9.55 Å². The molecular formula is C24H20F6N2O3. The molecule has 11 heteroatoms. The van der Waals surface area contributed by atoms with Gasteiger partial charge in [-0.15, -0.1) is 0 Å². The molecule has 0 saturated carbocycles. The Morgan fingerprint density at radius 3 is 2.20 bits per heavy atom. The van der Waals surface area contributed by atoms with Gasteiger partial charge in [0.15, 0.2) is 6.39 Å². The zero-order valence-electron chi connectivity index (χ0n) is 18.4. The van der Waals surface area contributed by atoms with Gasteiger partial charge in [-0.05, 0) is 43.2 Å². The van der Waals surface area contributed by atoms with Gasteiger partial charge in [-0.25, -0.2) is 4.98 Å². The predicted octanol–water partition coefficient (Wildman–Crippen LogP) is 5.55. The standard InChI is InChI=1S/C24H20F6N2O3/c1-14-8-16-10-18(22(34,23(25,26)27)24(28,29)30)6-7-19(16)32(14)21(2,20-12-35-13-31-20)17-5-3-4-15(9-17)11-33/h3-10,12-13,33-34H,11H2,1-2H3. The molecule has 186 valence electrons. The van der Waals surface area contributed by atoms with Crippen LogP contribution in [-0.4, -0.2) is 32.1 Å². The summed E-state index contributed by atoms with van der Waals surface area (Å²) in [6, 6.07) is 10.7. The van der Waals surface area contributed by atoms with E-state index in [1.165, 1.54) is 18.7 Å². The largest absolute Gasteiger partial charge is 0.451 e. The molecule has 0 spiro atoms. The third-order valence-corrected chi connectivity index (χ3v) is 6.27. The summed E-state index contributed by atoms with van der Waals surface area (Å²) in [4.78, 5) is 4.26. The van der Waals surface area contributed by atoms with Crippen molar-refractivity contribution < 1.29 is 41.0 Å². The van der Waals surface area contributed by atoms with E-state index in [4.69, 9.17) is 4.42 Å². The van der Waals surface area contributed by atoms with E-state index in [2.05, 4.69) is 4.98 Å². The van der Waals surface area contributed by atoms with Crippen molar-refractivity contribution in [2.75, 3.05) is 0 Å².